The number of hydrogen-bond acceptors (Lipinski definition) is 5. The Balaban J connectivity index is 1.41. The molecule has 188 valence electrons. The van der Waals surface area contributed by atoms with E-state index < -0.39 is 11.8 Å². The third kappa shape index (κ3) is 6.18. The third-order valence-corrected chi connectivity index (χ3v) is 7.18. The Kier molecular flexibility index (Phi) is 8.49. The minimum atomic E-state index is -0.503. The number of carbonyl (C=O) groups excluding carboxylic acids is 3. The van der Waals surface area contributed by atoms with Crippen LogP contribution in [0.25, 0.3) is 0 Å². The number of benzene rings is 1. The first-order valence-electron chi connectivity index (χ1n) is 11.9. The Hall–Kier alpha value is -3.09. The van der Waals surface area contributed by atoms with Gasteiger partial charge in [-0.2, -0.15) is 0 Å². The Morgan fingerprint density at radius 1 is 1.25 bits per heavy atom. The molecule has 1 amide bonds. The van der Waals surface area contributed by atoms with Gasteiger partial charge in [0.2, 0.25) is 0 Å². The highest BCUT2D eigenvalue weighted by Gasteiger charge is 2.25. The van der Waals surface area contributed by atoms with Gasteiger partial charge in [-0.3, -0.25) is 9.59 Å². The molecule has 0 fully saturated rings. The molecule has 4 rings (SSSR count). The highest BCUT2D eigenvalue weighted by atomic mass is 35.5. The van der Waals surface area contributed by atoms with Crippen LogP contribution >= 0.6 is 23.2 Å². The van der Waals surface area contributed by atoms with Crippen molar-refractivity contribution in [3.63, 3.8) is 0 Å². The molecule has 1 aliphatic heterocycles. The second-order valence-corrected chi connectivity index (χ2v) is 9.95. The van der Waals surface area contributed by atoms with E-state index in [1.807, 2.05) is 12.2 Å². The predicted molar refractivity (Wildman–Crippen MR) is 142 cm³/mol. The first-order valence-corrected chi connectivity index (χ1v) is 12.7. The molecule has 1 aromatic carbocycles. The quantitative estimate of drug-likeness (QED) is 0.383. The van der Waals surface area contributed by atoms with Gasteiger partial charge in [-0.15, -0.1) is 0 Å². The van der Waals surface area contributed by atoms with Gasteiger partial charge in [-0.25, -0.2) is 0 Å². The summed E-state index contributed by atoms with van der Waals surface area (Å²) < 4.78 is 6.08. The smallest absolute Gasteiger partial charge is 0.253 e. The molecule has 0 bridgehead atoms. The number of nitrogens with one attached hydrogen (secondary N) is 1. The highest BCUT2D eigenvalue weighted by molar-refractivity contribution is 6.34. The molecule has 0 radical (unpaired) electrons. The van der Waals surface area contributed by atoms with E-state index in [0.29, 0.717) is 53.7 Å². The zero-order valence-electron chi connectivity index (χ0n) is 20.0. The Bertz CT molecular complexity index is 1210. The van der Waals surface area contributed by atoms with Crippen molar-refractivity contribution in [3.05, 3.63) is 87.3 Å². The minimum Gasteiger partial charge on any atom is -0.493 e. The molecule has 6 nitrogen and oxygen atoms in total. The first-order chi connectivity index (χ1) is 17.4. The van der Waals surface area contributed by atoms with Crippen LogP contribution in [0.4, 0.5) is 5.69 Å². The number of hydrogen-bond donors (Lipinski definition) is 1. The summed E-state index contributed by atoms with van der Waals surface area (Å²) in [7, 11) is 2.09. The fourth-order valence-electron chi connectivity index (χ4n) is 4.63. The second kappa shape index (κ2) is 11.8. The van der Waals surface area contributed by atoms with Gasteiger partial charge in [0, 0.05) is 36.7 Å². The van der Waals surface area contributed by atoms with Gasteiger partial charge in [0.25, 0.3) is 5.91 Å². The minimum absolute atomic E-state index is 0.174. The Labute approximate surface area is 221 Å². The van der Waals surface area contributed by atoms with E-state index in [4.69, 9.17) is 27.9 Å². The molecule has 0 saturated heterocycles. The van der Waals surface area contributed by atoms with E-state index in [0.717, 1.165) is 13.0 Å². The van der Waals surface area contributed by atoms with Crippen molar-refractivity contribution in [1.29, 1.82) is 0 Å². The molecule has 36 heavy (non-hydrogen) atoms. The molecule has 1 N–H and O–H groups in total. The maximum atomic E-state index is 13.0. The summed E-state index contributed by atoms with van der Waals surface area (Å²) in [6, 6.07) is 8.39. The predicted octanol–water partition coefficient (Wildman–Crippen LogP) is 4.95. The van der Waals surface area contributed by atoms with E-state index in [1.165, 1.54) is 11.3 Å². The number of carbonyl (C=O) groups is 3. The van der Waals surface area contributed by atoms with Crippen LogP contribution in [0.2, 0.25) is 0 Å². The monoisotopic (exact) mass is 526 g/mol. The van der Waals surface area contributed by atoms with Crippen molar-refractivity contribution in [3.8, 4) is 0 Å². The highest BCUT2D eigenvalue weighted by Crippen LogP contribution is 2.30. The Morgan fingerprint density at radius 3 is 2.86 bits per heavy atom. The molecule has 1 aromatic rings. The molecule has 2 aliphatic carbocycles. The van der Waals surface area contributed by atoms with Gasteiger partial charge < -0.3 is 19.7 Å². The zero-order valence-corrected chi connectivity index (χ0v) is 21.5. The number of rotatable bonds is 8. The van der Waals surface area contributed by atoms with Gasteiger partial charge in [-0.05, 0) is 49.1 Å². The summed E-state index contributed by atoms with van der Waals surface area (Å²) in [4.78, 5) is 38.0. The number of allylic oxidation sites excluding steroid dienone is 7. The largest absolute Gasteiger partial charge is 0.493 e. The average molecular weight is 527 g/mol. The lowest BCUT2D eigenvalue weighted by Gasteiger charge is -2.33. The molecule has 0 saturated carbocycles. The van der Waals surface area contributed by atoms with Crippen molar-refractivity contribution in [2.45, 2.75) is 25.7 Å². The third-order valence-electron chi connectivity index (χ3n) is 6.49. The summed E-state index contributed by atoms with van der Waals surface area (Å²) in [6.07, 6.45) is 10.6. The molecule has 1 heterocycles. The Morgan fingerprint density at radius 2 is 2.06 bits per heavy atom. The number of para-hydroxylation sites is 1. The van der Waals surface area contributed by atoms with E-state index in [1.54, 1.807) is 18.2 Å². The van der Waals surface area contributed by atoms with E-state index in [-0.39, 0.29) is 17.2 Å². The van der Waals surface area contributed by atoms with E-state index in [9.17, 15) is 14.4 Å². The number of aldehydes is 1. The van der Waals surface area contributed by atoms with Gasteiger partial charge in [0.15, 0.2) is 0 Å². The summed E-state index contributed by atoms with van der Waals surface area (Å²) >= 11 is 12.8. The van der Waals surface area contributed by atoms with Gasteiger partial charge in [-0.1, -0.05) is 53.6 Å². The number of amides is 1. The van der Waals surface area contributed by atoms with Crippen LogP contribution in [0.15, 0.2) is 81.7 Å². The average Bonchev–Trinajstić information content (AvgIpc) is 3.05. The molecule has 2 unspecified atom stereocenters. The lowest BCUT2D eigenvalue weighted by molar-refractivity contribution is -0.124. The van der Waals surface area contributed by atoms with Crippen LogP contribution in [0, 0.1) is 11.8 Å². The maximum absolute atomic E-state index is 13.0. The second-order valence-electron chi connectivity index (χ2n) is 9.14. The summed E-state index contributed by atoms with van der Waals surface area (Å²) in [5.74, 6) is -0.205. The van der Waals surface area contributed by atoms with Crippen molar-refractivity contribution >= 4 is 46.9 Å². The molecule has 0 aromatic heterocycles. The van der Waals surface area contributed by atoms with Crippen molar-refractivity contribution in [2.75, 3.05) is 25.1 Å². The van der Waals surface area contributed by atoms with Crippen LogP contribution < -0.4 is 10.2 Å². The fourth-order valence-corrected chi connectivity index (χ4v) is 5.10. The van der Waals surface area contributed by atoms with Crippen LogP contribution in [0.3, 0.4) is 0 Å². The number of ketones is 1. The molecule has 8 heteroatoms. The zero-order chi connectivity index (χ0) is 25.7. The molecular weight excluding hydrogens is 499 g/mol. The topological polar surface area (TPSA) is 75.7 Å². The number of anilines is 1. The van der Waals surface area contributed by atoms with Gasteiger partial charge >= 0.3 is 0 Å². The number of fused-ring (bicyclic) bond motifs is 1. The number of ether oxygens (including phenoxy) is 1. The van der Waals surface area contributed by atoms with Crippen LogP contribution in [-0.2, 0) is 25.5 Å². The lowest BCUT2D eigenvalue weighted by atomic mass is 9.93. The SMILES string of the molecule is CN1CC(COC2=CC(Cl)=C(C(=O)NC3=CC(C(=O)CC=O)CC=C3Cl)CC=C2)Cc2ccccc21. The number of halogens is 2. The van der Waals surface area contributed by atoms with Crippen molar-refractivity contribution in [1.82, 2.24) is 5.32 Å². The van der Waals surface area contributed by atoms with Crippen LogP contribution in [-0.4, -0.2) is 38.2 Å². The van der Waals surface area contributed by atoms with Crippen molar-refractivity contribution in [2.24, 2.45) is 11.8 Å². The van der Waals surface area contributed by atoms with Gasteiger partial charge in [0.05, 0.1) is 28.8 Å². The molecule has 3 aliphatic rings. The number of Topliss-reactive ketones (excluding diaryl/α,β-unsaturated/α-hetero) is 1. The first kappa shape index (κ1) is 26.0. The standard InChI is InChI=1S/C28H28Cl2N2O4/c1-32-16-18(13-19-5-2-3-8-26(19)32)17-36-21-6-4-7-22(24(30)15-21)28(35)31-25-14-20(9-10-23(25)29)27(34)11-12-33/h2-6,8,10,12,14-15,18,20H,7,9,11,13,16-17H2,1H3,(H,31,35). The van der Waals surface area contributed by atoms with Crippen molar-refractivity contribution < 1.29 is 19.1 Å². The van der Waals surface area contributed by atoms with E-state index in [2.05, 4.69) is 41.5 Å². The molecule has 2 atom stereocenters. The summed E-state index contributed by atoms with van der Waals surface area (Å²) in [5.41, 5.74) is 3.27. The number of nitrogens with zero attached hydrogens (tertiary/aromatic N) is 1. The summed E-state index contributed by atoms with van der Waals surface area (Å²) in [5, 5.41) is 3.39. The lowest BCUT2D eigenvalue weighted by Crippen LogP contribution is -2.34. The van der Waals surface area contributed by atoms with E-state index >= 15 is 0 Å². The maximum Gasteiger partial charge on any atom is 0.253 e. The van der Waals surface area contributed by atoms with Crippen LogP contribution in [0.5, 0.6) is 0 Å². The molecule has 0 spiro atoms. The molecular formula is C28H28Cl2N2O4. The van der Waals surface area contributed by atoms with Gasteiger partial charge in [0.1, 0.15) is 17.8 Å². The summed E-state index contributed by atoms with van der Waals surface area (Å²) in [6.45, 7) is 1.43. The fraction of sp³-hybridized carbons (Fsp3) is 0.321. The van der Waals surface area contributed by atoms with Crippen LogP contribution in [0.1, 0.15) is 24.8 Å². The normalized spacial score (nSPS) is 21.5.